The molecular formula is C19H26N4O. The molecule has 0 aliphatic carbocycles. The predicted molar refractivity (Wildman–Crippen MR) is 97.4 cm³/mol. The van der Waals surface area contributed by atoms with E-state index in [1.54, 1.807) is 6.07 Å². The lowest BCUT2D eigenvalue weighted by Gasteiger charge is -2.32. The first-order chi connectivity index (χ1) is 11.6. The molecule has 1 aromatic heterocycles. The largest absolute Gasteiger partial charge is 0.507 e. The summed E-state index contributed by atoms with van der Waals surface area (Å²) >= 11 is 0. The van der Waals surface area contributed by atoms with E-state index in [1.165, 1.54) is 13.0 Å². The number of aromatic hydroxyl groups is 1. The summed E-state index contributed by atoms with van der Waals surface area (Å²) in [6.45, 7) is 9.49. The van der Waals surface area contributed by atoms with Gasteiger partial charge in [-0.1, -0.05) is 13.0 Å². The number of nitrogens with zero attached hydrogens (tertiary/aromatic N) is 3. The minimum absolute atomic E-state index is 0.258. The van der Waals surface area contributed by atoms with E-state index in [9.17, 15) is 5.11 Å². The highest BCUT2D eigenvalue weighted by Gasteiger charge is 2.19. The first kappa shape index (κ1) is 16.7. The summed E-state index contributed by atoms with van der Waals surface area (Å²) in [7, 11) is 0. The van der Waals surface area contributed by atoms with E-state index in [4.69, 9.17) is 0 Å². The second-order valence-corrected chi connectivity index (χ2v) is 6.66. The van der Waals surface area contributed by atoms with Crippen molar-refractivity contribution in [1.82, 2.24) is 15.1 Å². The van der Waals surface area contributed by atoms with Gasteiger partial charge < -0.3 is 15.3 Å². The Balaban J connectivity index is 1.74. The standard InChI is InChI=1S/C19H26N4O/c1-4-23-9-5-6-15(12-23)20-18-8-7-16(21-22-18)19-14(3)10-13(2)11-17(19)24/h7-8,10-11,15,24H,4-6,9,12H2,1-3H3,(H,20,22)/t15-/m1/s1. The first-order valence-electron chi connectivity index (χ1n) is 8.70. The molecule has 5 heteroatoms. The maximum absolute atomic E-state index is 10.2. The van der Waals surface area contributed by atoms with Gasteiger partial charge in [0.05, 0.1) is 5.69 Å². The van der Waals surface area contributed by atoms with Crippen molar-refractivity contribution in [3.63, 3.8) is 0 Å². The number of benzene rings is 1. The molecule has 0 unspecified atom stereocenters. The molecule has 3 rings (SSSR count). The van der Waals surface area contributed by atoms with Gasteiger partial charge in [-0.25, -0.2) is 0 Å². The minimum Gasteiger partial charge on any atom is -0.507 e. The van der Waals surface area contributed by atoms with Crippen molar-refractivity contribution in [3.8, 4) is 17.0 Å². The van der Waals surface area contributed by atoms with Crippen LogP contribution < -0.4 is 5.32 Å². The van der Waals surface area contributed by atoms with Crippen LogP contribution in [0.15, 0.2) is 24.3 Å². The van der Waals surface area contributed by atoms with E-state index in [0.717, 1.165) is 42.0 Å². The maximum Gasteiger partial charge on any atom is 0.148 e. The highest BCUT2D eigenvalue weighted by Crippen LogP contribution is 2.32. The van der Waals surface area contributed by atoms with Gasteiger partial charge >= 0.3 is 0 Å². The van der Waals surface area contributed by atoms with Gasteiger partial charge in [-0.05, 0) is 69.1 Å². The summed E-state index contributed by atoms with van der Waals surface area (Å²) in [5, 5.41) is 22.3. The van der Waals surface area contributed by atoms with E-state index in [2.05, 4.69) is 27.3 Å². The van der Waals surface area contributed by atoms with Crippen molar-refractivity contribution in [2.45, 2.75) is 39.7 Å². The SMILES string of the molecule is CCN1CCC[C@@H](Nc2ccc(-c3c(C)cc(C)cc3O)nn2)C1. The van der Waals surface area contributed by atoms with Gasteiger partial charge in [0.15, 0.2) is 0 Å². The molecular weight excluding hydrogens is 300 g/mol. The number of aryl methyl sites for hydroxylation is 2. The summed E-state index contributed by atoms with van der Waals surface area (Å²) in [6.07, 6.45) is 2.38. The number of anilines is 1. The van der Waals surface area contributed by atoms with Crippen LogP contribution in [-0.4, -0.2) is 45.9 Å². The van der Waals surface area contributed by atoms with Gasteiger partial charge in [-0.15, -0.1) is 10.2 Å². The van der Waals surface area contributed by atoms with E-state index in [-0.39, 0.29) is 5.75 Å². The zero-order chi connectivity index (χ0) is 17.1. The van der Waals surface area contributed by atoms with E-state index < -0.39 is 0 Å². The third-order valence-corrected chi connectivity index (χ3v) is 4.68. The average Bonchev–Trinajstić information content (AvgIpc) is 2.56. The van der Waals surface area contributed by atoms with Crippen LogP contribution in [0.4, 0.5) is 5.82 Å². The zero-order valence-electron chi connectivity index (χ0n) is 14.7. The number of piperidine rings is 1. The van der Waals surface area contributed by atoms with Gasteiger partial charge in [0.2, 0.25) is 0 Å². The van der Waals surface area contributed by atoms with Gasteiger partial charge in [0.1, 0.15) is 11.6 Å². The van der Waals surface area contributed by atoms with E-state index in [0.29, 0.717) is 11.7 Å². The maximum atomic E-state index is 10.2. The van der Waals surface area contributed by atoms with Crippen LogP contribution in [-0.2, 0) is 0 Å². The van der Waals surface area contributed by atoms with E-state index in [1.807, 2.05) is 32.0 Å². The Morgan fingerprint density at radius 2 is 2.08 bits per heavy atom. The lowest BCUT2D eigenvalue weighted by atomic mass is 10.0. The van der Waals surface area contributed by atoms with Crippen LogP contribution in [0, 0.1) is 13.8 Å². The van der Waals surface area contributed by atoms with Crippen LogP contribution in [0.1, 0.15) is 30.9 Å². The highest BCUT2D eigenvalue weighted by molar-refractivity contribution is 5.71. The van der Waals surface area contributed by atoms with Gasteiger partial charge in [0, 0.05) is 18.2 Å². The number of phenols is 1. The Morgan fingerprint density at radius 3 is 2.75 bits per heavy atom. The third kappa shape index (κ3) is 3.67. The fourth-order valence-corrected chi connectivity index (χ4v) is 3.49. The van der Waals surface area contributed by atoms with Crippen molar-refractivity contribution in [2.24, 2.45) is 0 Å². The Morgan fingerprint density at radius 1 is 1.25 bits per heavy atom. The van der Waals surface area contributed by atoms with Crippen molar-refractivity contribution in [3.05, 3.63) is 35.4 Å². The smallest absolute Gasteiger partial charge is 0.148 e. The highest BCUT2D eigenvalue weighted by atomic mass is 16.3. The predicted octanol–water partition coefficient (Wildman–Crippen LogP) is 3.36. The molecule has 1 aliphatic heterocycles. The lowest BCUT2D eigenvalue weighted by molar-refractivity contribution is 0.226. The molecule has 2 aromatic rings. The van der Waals surface area contributed by atoms with Crippen molar-refractivity contribution in [1.29, 1.82) is 0 Å². The molecule has 5 nitrogen and oxygen atoms in total. The quantitative estimate of drug-likeness (QED) is 0.902. The van der Waals surface area contributed by atoms with Crippen LogP contribution in [0.2, 0.25) is 0 Å². The molecule has 0 radical (unpaired) electrons. The molecule has 0 amide bonds. The van der Waals surface area contributed by atoms with Crippen LogP contribution in [0.25, 0.3) is 11.3 Å². The molecule has 2 N–H and O–H groups in total. The van der Waals surface area contributed by atoms with Crippen molar-refractivity contribution >= 4 is 5.82 Å². The van der Waals surface area contributed by atoms with Gasteiger partial charge in [-0.2, -0.15) is 0 Å². The molecule has 1 aromatic carbocycles. The summed E-state index contributed by atoms with van der Waals surface area (Å²) in [5.74, 6) is 1.05. The lowest BCUT2D eigenvalue weighted by Crippen LogP contribution is -2.42. The number of aromatic nitrogens is 2. The molecule has 24 heavy (non-hydrogen) atoms. The van der Waals surface area contributed by atoms with Gasteiger partial charge in [0.25, 0.3) is 0 Å². The molecule has 128 valence electrons. The third-order valence-electron chi connectivity index (χ3n) is 4.68. The van der Waals surface area contributed by atoms with Crippen molar-refractivity contribution < 1.29 is 5.11 Å². The van der Waals surface area contributed by atoms with Crippen LogP contribution in [0.3, 0.4) is 0 Å². The number of nitrogens with one attached hydrogen (secondary N) is 1. The topological polar surface area (TPSA) is 61.3 Å². The molecule has 0 bridgehead atoms. The number of rotatable bonds is 4. The fraction of sp³-hybridized carbons (Fsp3) is 0.474. The zero-order valence-corrected chi connectivity index (χ0v) is 14.7. The minimum atomic E-state index is 0.258. The second kappa shape index (κ2) is 7.18. The summed E-state index contributed by atoms with van der Waals surface area (Å²) in [4.78, 5) is 2.46. The Labute approximate surface area is 143 Å². The molecule has 0 saturated carbocycles. The summed E-state index contributed by atoms with van der Waals surface area (Å²) < 4.78 is 0. The number of hydrogen-bond donors (Lipinski definition) is 2. The molecule has 1 aliphatic rings. The summed E-state index contributed by atoms with van der Waals surface area (Å²) in [6, 6.07) is 8.11. The second-order valence-electron chi connectivity index (χ2n) is 6.66. The number of phenolic OH excluding ortho intramolecular Hbond substituents is 1. The molecule has 1 fully saturated rings. The molecule has 0 spiro atoms. The fourth-order valence-electron chi connectivity index (χ4n) is 3.49. The molecule has 2 heterocycles. The molecule has 1 atom stereocenters. The monoisotopic (exact) mass is 326 g/mol. The van der Waals surface area contributed by atoms with Crippen LogP contribution in [0.5, 0.6) is 5.75 Å². The van der Waals surface area contributed by atoms with E-state index >= 15 is 0 Å². The Hall–Kier alpha value is -2.14. The number of likely N-dealkylation sites (N-methyl/N-ethyl adjacent to an activating group) is 1. The Kier molecular flexibility index (Phi) is 5.00. The number of likely N-dealkylation sites (tertiary alicyclic amines) is 1. The molecule has 1 saturated heterocycles. The number of hydrogen-bond acceptors (Lipinski definition) is 5. The van der Waals surface area contributed by atoms with Gasteiger partial charge in [-0.3, -0.25) is 0 Å². The van der Waals surface area contributed by atoms with Crippen molar-refractivity contribution in [2.75, 3.05) is 25.0 Å². The Bertz CT molecular complexity index is 676. The first-order valence-corrected chi connectivity index (χ1v) is 8.70. The van der Waals surface area contributed by atoms with Crippen LogP contribution >= 0.6 is 0 Å². The normalized spacial score (nSPS) is 18.5. The average molecular weight is 326 g/mol. The summed E-state index contributed by atoms with van der Waals surface area (Å²) in [5.41, 5.74) is 3.51.